The van der Waals surface area contributed by atoms with Crippen molar-refractivity contribution in [3.63, 3.8) is 0 Å². The molecule has 0 aliphatic heterocycles. The van der Waals surface area contributed by atoms with Crippen molar-refractivity contribution in [2.45, 2.75) is 26.4 Å². The molecule has 0 spiro atoms. The minimum Gasteiger partial charge on any atom is -0.399 e. The largest absolute Gasteiger partial charge is 0.399 e. The van der Waals surface area contributed by atoms with E-state index in [1.54, 1.807) is 0 Å². The zero-order chi connectivity index (χ0) is 14.7. The zero-order valence-electron chi connectivity index (χ0n) is 11.5. The maximum atomic E-state index is 12.6. The third-order valence-corrected chi connectivity index (χ3v) is 4.54. The van der Waals surface area contributed by atoms with E-state index in [0.29, 0.717) is 6.54 Å². The van der Waals surface area contributed by atoms with Crippen LogP contribution in [-0.2, 0) is 6.54 Å². The second-order valence-corrected chi connectivity index (χ2v) is 7.20. The molecule has 0 unspecified atom stereocenters. The number of hydrogen-bond donors (Lipinski definition) is 1. The Labute approximate surface area is 131 Å². The summed E-state index contributed by atoms with van der Waals surface area (Å²) in [6.07, 6.45) is 0. The molecule has 106 valence electrons. The van der Waals surface area contributed by atoms with Crippen molar-refractivity contribution in [2.75, 3.05) is 5.73 Å². The highest BCUT2D eigenvalue weighted by atomic mass is 79.9. The molecule has 1 amide bonds. The summed E-state index contributed by atoms with van der Waals surface area (Å²) in [4.78, 5) is 14.4. The minimum absolute atomic E-state index is 0.0544. The lowest BCUT2D eigenvalue weighted by Gasteiger charge is -2.26. The lowest BCUT2D eigenvalue weighted by Crippen LogP contribution is -2.36. The van der Waals surface area contributed by atoms with E-state index in [0.717, 1.165) is 20.6 Å². The molecule has 5 heteroatoms. The molecule has 20 heavy (non-hydrogen) atoms. The van der Waals surface area contributed by atoms with Crippen LogP contribution < -0.4 is 5.73 Å². The van der Waals surface area contributed by atoms with Gasteiger partial charge < -0.3 is 10.6 Å². The molecule has 0 atom stereocenters. The van der Waals surface area contributed by atoms with E-state index < -0.39 is 0 Å². The number of carbonyl (C=O) groups excluding carboxylic acids is 1. The Balaban J connectivity index is 2.19. The van der Waals surface area contributed by atoms with Crippen molar-refractivity contribution in [3.8, 4) is 0 Å². The summed E-state index contributed by atoms with van der Waals surface area (Å²) in [5.41, 5.74) is 8.23. The van der Waals surface area contributed by atoms with Gasteiger partial charge in [-0.15, -0.1) is 11.3 Å². The monoisotopic (exact) mass is 352 g/mol. The molecule has 1 aromatic carbocycles. The molecule has 2 aromatic rings. The molecule has 0 bridgehead atoms. The standard InChI is InChI=1S/C15H17BrN2OS/c1-10(2)18(8-11-3-5-13(17)6-4-11)15(19)12-7-14(16)20-9-12/h3-7,9-10H,8,17H2,1-2H3. The summed E-state index contributed by atoms with van der Waals surface area (Å²) in [5, 5.41) is 1.88. The summed E-state index contributed by atoms with van der Waals surface area (Å²) in [5.74, 6) is 0.0544. The van der Waals surface area contributed by atoms with Gasteiger partial charge >= 0.3 is 0 Å². The van der Waals surface area contributed by atoms with E-state index in [1.165, 1.54) is 11.3 Å². The van der Waals surface area contributed by atoms with Gasteiger partial charge in [-0.2, -0.15) is 0 Å². The van der Waals surface area contributed by atoms with Crippen LogP contribution >= 0.6 is 27.3 Å². The van der Waals surface area contributed by atoms with Crippen molar-refractivity contribution < 1.29 is 4.79 Å². The van der Waals surface area contributed by atoms with Gasteiger partial charge in [0.2, 0.25) is 0 Å². The first kappa shape index (κ1) is 15.1. The topological polar surface area (TPSA) is 46.3 Å². The fourth-order valence-electron chi connectivity index (χ4n) is 1.90. The molecular formula is C15H17BrN2OS. The van der Waals surface area contributed by atoms with Crippen molar-refractivity contribution in [1.29, 1.82) is 0 Å². The maximum Gasteiger partial charge on any atom is 0.255 e. The lowest BCUT2D eigenvalue weighted by atomic mass is 10.1. The zero-order valence-corrected chi connectivity index (χ0v) is 13.9. The van der Waals surface area contributed by atoms with Gasteiger partial charge in [0.1, 0.15) is 0 Å². The number of nitrogens with two attached hydrogens (primary N) is 1. The van der Waals surface area contributed by atoms with E-state index in [4.69, 9.17) is 5.73 Å². The number of thiophene rings is 1. The highest BCUT2D eigenvalue weighted by Gasteiger charge is 2.20. The van der Waals surface area contributed by atoms with Gasteiger partial charge in [0.05, 0.1) is 9.35 Å². The summed E-state index contributed by atoms with van der Waals surface area (Å²) in [7, 11) is 0. The number of hydrogen-bond acceptors (Lipinski definition) is 3. The van der Waals surface area contributed by atoms with Crippen molar-refractivity contribution in [3.05, 3.63) is 50.6 Å². The number of rotatable bonds is 4. The Morgan fingerprint density at radius 1 is 1.35 bits per heavy atom. The van der Waals surface area contributed by atoms with Crippen LogP contribution in [0.15, 0.2) is 39.5 Å². The maximum absolute atomic E-state index is 12.6. The first-order valence-corrected chi connectivity index (χ1v) is 8.04. The van der Waals surface area contributed by atoms with Crippen LogP contribution in [0.3, 0.4) is 0 Å². The van der Waals surface area contributed by atoms with Gasteiger partial charge in [-0.25, -0.2) is 0 Å². The van der Waals surface area contributed by atoms with E-state index in [1.807, 2.05) is 54.5 Å². The van der Waals surface area contributed by atoms with Gasteiger partial charge in [-0.3, -0.25) is 4.79 Å². The Morgan fingerprint density at radius 2 is 2.00 bits per heavy atom. The van der Waals surface area contributed by atoms with E-state index >= 15 is 0 Å². The molecule has 0 radical (unpaired) electrons. The molecule has 1 aromatic heterocycles. The molecule has 0 saturated heterocycles. The Morgan fingerprint density at radius 3 is 2.50 bits per heavy atom. The van der Waals surface area contributed by atoms with Crippen molar-refractivity contribution in [2.24, 2.45) is 0 Å². The smallest absolute Gasteiger partial charge is 0.255 e. The predicted molar refractivity (Wildman–Crippen MR) is 87.9 cm³/mol. The molecule has 2 rings (SSSR count). The van der Waals surface area contributed by atoms with Gasteiger partial charge in [0.15, 0.2) is 0 Å². The van der Waals surface area contributed by atoms with Crippen LogP contribution in [0.1, 0.15) is 29.8 Å². The summed E-state index contributed by atoms with van der Waals surface area (Å²) < 4.78 is 0.969. The summed E-state index contributed by atoms with van der Waals surface area (Å²) in [6.45, 7) is 4.64. The van der Waals surface area contributed by atoms with E-state index in [9.17, 15) is 4.79 Å². The lowest BCUT2D eigenvalue weighted by molar-refractivity contribution is 0.0691. The van der Waals surface area contributed by atoms with Crippen LogP contribution in [0.4, 0.5) is 5.69 Å². The van der Waals surface area contributed by atoms with Crippen LogP contribution in [0.2, 0.25) is 0 Å². The number of nitrogens with zero attached hydrogens (tertiary/aromatic N) is 1. The number of nitrogen functional groups attached to an aromatic ring is 1. The normalized spacial score (nSPS) is 10.8. The highest BCUT2D eigenvalue weighted by Crippen LogP contribution is 2.23. The third kappa shape index (κ3) is 3.61. The molecule has 2 N–H and O–H groups in total. The van der Waals surface area contributed by atoms with Crippen LogP contribution in [-0.4, -0.2) is 16.8 Å². The Bertz CT molecular complexity index is 592. The van der Waals surface area contributed by atoms with Gasteiger partial charge in [0, 0.05) is 23.7 Å². The average molecular weight is 353 g/mol. The highest BCUT2D eigenvalue weighted by molar-refractivity contribution is 9.11. The van der Waals surface area contributed by atoms with Gasteiger partial charge in [0.25, 0.3) is 5.91 Å². The van der Waals surface area contributed by atoms with Crippen molar-refractivity contribution in [1.82, 2.24) is 4.90 Å². The summed E-state index contributed by atoms with van der Waals surface area (Å²) >= 11 is 4.92. The molecular weight excluding hydrogens is 336 g/mol. The molecule has 0 fully saturated rings. The van der Waals surface area contributed by atoms with Crippen LogP contribution in [0.5, 0.6) is 0 Å². The second-order valence-electron chi connectivity index (χ2n) is 4.91. The molecule has 0 aliphatic carbocycles. The molecule has 0 aliphatic rings. The van der Waals surface area contributed by atoms with E-state index in [2.05, 4.69) is 15.9 Å². The second kappa shape index (κ2) is 6.41. The first-order chi connectivity index (χ1) is 9.47. The minimum atomic E-state index is 0.0544. The quantitative estimate of drug-likeness (QED) is 0.840. The fraction of sp³-hybridized carbons (Fsp3) is 0.267. The fourth-order valence-corrected chi connectivity index (χ4v) is 3.03. The van der Waals surface area contributed by atoms with Gasteiger partial charge in [-0.1, -0.05) is 12.1 Å². The first-order valence-electron chi connectivity index (χ1n) is 6.37. The number of anilines is 1. The molecule has 3 nitrogen and oxygen atoms in total. The number of halogens is 1. The summed E-state index contributed by atoms with van der Waals surface area (Å²) in [6, 6.07) is 9.65. The van der Waals surface area contributed by atoms with Crippen molar-refractivity contribution >= 4 is 38.9 Å². The molecule has 0 saturated carbocycles. The third-order valence-electron chi connectivity index (χ3n) is 3.03. The number of amides is 1. The average Bonchev–Trinajstić information content (AvgIpc) is 2.83. The van der Waals surface area contributed by atoms with E-state index in [-0.39, 0.29) is 11.9 Å². The van der Waals surface area contributed by atoms with Crippen LogP contribution in [0.25, 0.3) is 0 Å². The number of carbonyl (C=O) groups is 1. The van der Waals surface area contributed by atoms with Crippen LogP contribution in [0, 0.1) is 0 Å². The van der Waals surface area contributed by atoms with Gasteiger partial charge in [-0.05, 0) is 53.5 Å². The Kier molecular flexibility index (Phi) is 4.83. The molecule has 1 heterocycles. The Hall–Kier alpha value is -1.33. The predicted octanol–water partition coefficient (Wildman–Crippen LogP) is 4.14. The number of benzene rings is 1. The SMILES string of the molecule is CC(C)N(Cc1ccc(N)cc1)C(=O)c1csc(Br)c1.